The van der Waals surface area contributed by atoms with Gasteiger partial charge in [-0.2, -0.15) is 0 Å². The van der Waals surface area contributed by atoms with Crippen LogP contribution in [0.4, 0.5) is 10.1 Å². The highest BCUT2D eigenvalue weighted by atomic mass is 19.1. The number of hydrogen-bond donors (Lipinski definition) is 3. The number of aldehydes is 2. The summed E-state index contributed by atoms with van der Waals surface area (Å²) >= 11 is 0. The number of aryl methyl sites for hydroxylation is 1. The van der Waals surface area contributed by atoms with E-state index < -0.39 is 6.67 Å². The number of carbonyl (C=O) groups is 3. The minimum atomic E-state index is -0.460. The maximum atomic E-state index is 11.9. The molecule has 1 aromatic carbocycles. The molecule has 3 fully saturated rings. The normalized spacial score (nSPS) is 21.2. The average Bonchev–Trinajstić information content (AvgIpc) is 3.90. The zero-order chi connectivity index (χ0) is 36.4. The highest BCUT2D eigenvalue weighted by Crippen LogP contribution is 2.37. The number of H-pyrrole nitrogens is 1. The van der Waals surface area contributed by atoms with Gasteiger partial charge in [0.15, 0.2) is 0 Å². The summed E-state index contributed by atoms with van der Waals surface area (Å²) in [6, 6.07) is 8.33. The molecule has 2 radical (unpaired) electrons. The van der Waals surface area contributed by atoms with Crippen LogP contribution >= 0.6 is 0 Å². The highest BCUT2D eigenvalue weighted by molar-refractivity contribution is 5.83. The molecule has 50 heavy (non-hydrogen) atoms. The lowest BCUT2D eigenvalue weighted by Gasteiger charge is -2.30. The number of carbonyl (C=O) groups excluding carboxylic acids is 3. The minimum absolute atomic E-state index is 0. The molecule has 0 bridgehead atoms. The molecule has 1 saturated carbocycles. The van der Waals surface area contributed by atoms with Crippen LogP contribution in [0.15, 0.2) is 24.3 Å². The fraction of sp³-hybridized carbons (Fsp3) is 0.718. The Morgan fingerprint density at radius 2 is 1.80 bits per heavy atom. The topological polar surface area (TPSA) is 127 Å². The van der Waals surface area contributed by atoms with Crippen molar-refractivity contribution in [2.45, 2.75) is 123 Å². The SMILES string of the molecule is CC.CCC(C=O)CCCC(N)CF.CN1CCC(C2CCCCC2)C1C=O.CNc1ccc2[nH]c(C)cc2c1.O=COCC1CCCO1.[BH]. The molecular formula is C39H68BFN4O5. The van der Waals surface area contributed by atoms with Gasteiger partial charge in [-0.1, -0.05) is 59.3 Å². The maximum Gasteiger partial charge on any atom is 0.293 e. The van der Waals surface area contributed by atoms with Gasteiger partial charge >= 0.3 is 0 Å². The number of nitrogens with two attached hydrogens (primary N) is 1. The fourth-order valence-corrected chi connectivity index (χ4v) is 6.72. The predicted octanol–water partition coefficient (Wildman–Crippen LogP) is 7.00. The van der Waals surface area contributed by atoms with Gasteiger partial charge in [-0.05, 0) is 95.1 Å². The number of aromatic amines is 1. The molecule has 4 N–H and O–H groups in total. The summed E-state index contributed by atoms with van der Waals surface area (Å²) < 4.78 is 21.6. The van der Waals surface area contributed by atoms with Gasteiger partial charge in [0, 0.05) is 56.3 Å². The molecule has 2 aromatic rings. The van der Waals surface area contributed by atoms with E-state index >= 15 is 0 Å². The molecule has 0 amide bonds. The fourth-order valence-electron chi connectivity index (χ4n) is 6.72. The smallest absolute Gasteiger partial charge is 0.293 e. The van der Waals surface area contributed by atoms with E-state index in [1.54, 1.807) is 0 Å². The number of nitrogens with zero attached hydrogens (tertiary/aromatic N) is 1. The summed E-state index contributed by atoms with van der Waals surface area (Å²) in [6.07, 6.45) is 15.8. The number of halogens is 1. The Bertz CT molecular complexity index is 1140. The number of likely N-dealkylation sites (tertiary alicyclic amines) is 1. The number of nitrogens with one attached hydrogen (secondary N) is 2. The molecule has 5 rings (SSSR count). The van der Waals surface area contributed by atoms with E-state index in [4.69, 9.17) is 10.5 Å². The summed E-state index contributed by atoms with van der Waals surface area (Å²) in [4.78, 5) is 36.6. The Hall–Kier alpha value is -2.76. The molecule has 1 aliphatic carbocycles. The van der Waals surface area contributed by atoms with Crippen LogP contribution in [0.1, 0.15) is 104 Å². The summed E-state index contributed by atoms with van der Waals surface area (Å²) in [7, 11) is 4.02. The molecule has 5 unspecified atom stereocenters. The number of anilines is 1. The van der Waals surface area contributed by atoms with Crippen LogP contribution < -0.4 is 11.1 Å². The first-order chi connectivity index (χ1) is 23.8. The number of hydrogen-bond acceptors (Lipinski definition) is 8. The van der Waals surface area contributed by atoms with Crippen LogP contribution in [-0.2, 0) is 23.9 Å². The summed E-state index contributed by atoms with van der Waals surface area (Å²) in [5.41, 5.74) is 8.94. The molecule has 2 aliphatic heterocycles. The van der Waals surface area contributed by atoms with Crippen molar-refractivity contribution in [2.75, 3.05) is 45.8 Å². The van der Waals surface area contributed by atoms with Crippen LogP contribution in [0.3, 0.4) is 0 Å². The number of likely N-dealkylation sites (N-methyl/N-ethyl adjacent to an activating group) is 1. The average molecular weight is 703 g/mol. The molecule has 0 spiro atoms. The number of aromatic nitrogens is 1. The number of rotatable bonds is 13. The molecule has 2 saturated heterocycles. The van der Waals surface area contributed by atoms with Gasteiger partial charge in [-0.3, -0.25) is 9.69 Å². The lowest BCUT2D eigenvalue weighted by atomic mass is 9.77. The van der Waals surface area contributed by atoms with Crippen LogP contribution in [-0.4, -0.2) is 96.1 Å². The maximum absolute atomic E-state index is 11.9. The standard InChI is InChI=1S/C12H21NO.C10H12N2.C9H18FNO.C6H10O3.C2H6.BH/c1-13-8-7-11(12(13)9-14)10-5-3-2-4-6-10;1-7-5-8-6-9(11-2)3-4-10(8)12-7;1-2-8(7-12)4-3-5-9(11)6-10;7-5-8-4-6-2-1-3-9-6;1-2;/h9-12H,2-8H2,1H3;3-6,11-12H,1-2H3;7-9H,2-6,11H2,1H3;5-6H,1-4H2;1-2H3;1H. The molecule has 3 aliphatic rings. The first-order valence-electron chi connectivity index (χ1n) is 18.7. The van der Waals surface area contributed by atoms with E-state index in [9.17, 15) is 18.8 Å². The Morgan fingerprint density at radius 1 is 1.08 bits per heavy atom. The van der Waals surface area contributed by atoms with Crippen molar-refractivity contribution in [1.82, 2.24) is 9.88 Å². The minimum Gasteiger partial charge on any atom is -0.465 e. The summed E-state index contributed by atoms with van der Waals surface area (Å²) in [5.74, 6) is 1.64. The van der Waals surface area contributed by atoms with Gasteiger partial charge < -0.3 is 35.1 Å². The van der Waals surface area contributed by atoms with Crippen molar-refractivity contribution in [3.05, 3.63) is 30.0 Å². The Kier molecular flexibility index (Phi) is 27.3. The second-order valence-electron chi connectivity index (χ2n) is 13.2. The van der Waals surface area contributed by atoms with Gasteiger partial charge in [0.1, 0.15) is 25.9 Å². The van der Waals surface area contributed by atoms with Crippen molar-refractivity contribution in [2.24, 2.45) is 23.5 Å². The summed E-state index contributed by atoms with van der Waals surface area (Å²) in [5, 5.41) is 4.38. The van der Waals surface area contributed by atoms with E-state index in [1.165, 1.54) is 61.4 Å². The highest BCUT2D eigenvalue weighted by Gasteiger charge is 2.37. The Labute approximate surface area is 303 Å². The molecule has 11 heteroatoms. The molecule has 3 heterocycles. The molecule has 284 valence electrons. The van der Waals surface area contributed by atoms with Crippen molar-refractivity contribution < 1.29 is 28.2 Å². The number of benzene rings is 1. The van der Waals surface area contributed by atoms with E-state index in [2.05, 4.69) is 58.2 Å². The van der Waals surface area contributed by atoms with Crippen molar-refractivity contribution in [3.8, 4) is 0 Å². The zero-order valence-corrected chi connectivity index (χ0v) is 32.0. The molecule has 1 aromatic heterocycles. The van der Waals surface area contributed by atoms with Gasteiger partial charge in [-0.15, -0.1) is 0 Å². The van der Waals surface area contributed by atoms with Crippen LogP contribution in [0, 0.1) is 24.7 Å². The summed E-state index contributed by atoms with van der Waals surface area (Å²) in [6.45, 7) is 10.4. The van der Waals surface area contributed by atoms with Gasteiger partial charge in [0.25, 0.3) is 6.47 Å². The predicted molar refractivity (Wildman–Crippen MR) is 207 cm³/mol. The third-order valence-corrected chi connectivity index (χ3v) is 9.64. The van der Waals surface area contributed by atoms with Crippen LogP contribution in [0.2, 0.25) is 0 Å². The lowest BCUT2D eigenvalue weighted by Crippen LogP contribution is -2.34. The van der Waals surface area contributed by atoms with Gasteiger partial charge in [0.05, 0.1) is 12.1 Å². The quantitative estimate of drug-likeness (QED) is 0.151. The van der Waals surface area contributed by atoms with Gasteiger partial charge in [-0.25, -0.2) is 4.39 Å². The third kappa shape index (κ3) is 18.0. The zero-order valence-electron chi connectivity index (χ0n) is 32.0. The number of fused-ring (bicyclic) bond motifs is 1. The second kappa shape index (κ2) is 28.9. The molecule has 5 atom stereocenters. The van der Waals surface area contributed by atoms with E-state index in [0.717, 1.165) is 63.1 Å². The van der Waals surface area contributed by atoms with E-state index in [1.807, 2.05) is 27.8 Å². The van der Waals surface area contributed by atoms with Gasteiger partial charge in [0.2, 0.25) is 0 Å². The van der Waals surface area contributed by atoms with Crippen LogP contribution in [0.25, 0.3) is 10.9 Å². The monoisotopic (exact) mass is 703 g/mol. The number of alkyl halides is 1. The van der Waals surface area contributed by atoms with Crippen molar-refractivity contribution >= 4 is 44.0 Å². The van der Waals surface area contributed by atoms with Crippen molar-refractivity contribution in [3.63, 3.8) is 0 Å². The van der Waals surface area contributed by atoms with E-state index in [-0.39, 0.29) is 32.5 Å². The largest absolute Gasteiger partial charge is 0.465 e. The number of ether oxygens (including phenoxy) is 2. The lowest BCUT2D eigenvalue weighted by molar-refractivity contribution is -0.131. The first-order valence-corrected chi connectivity index (χ1v) is 18.7. The molecule has 9 nitrogen and oxygen atoms in total. The first kappa shape index (κ1) is 47.2. The Morgan fingerprint density at radius 3 is 2.36 bits per heavy atom. The van der Waals surface area contributed by atoms with Crippen LogP contribution in [0.5, 0.6) is 0 Å². The van der Waals surface area contributed by atoms with E-state index in [0.29, 0.717) is 25.4 Å². The molecular weight excluding hydrogens is 634 g/mol. The third-order valence-electron chi connectivity index (χ3n) is 9.64. The van der Waals surface area contributed by atoms with Crippen molar-refractivity contribution in [1.29, 1.82) is 0 Å². The Balaban J connectivity index is 0.000000631. The second-order valence-corrected chi connectivity index (χ2v) is 13.2.